The Morgan fingerprint density at radius 3 is 2.54 bits per heavy atom. The molecule has 0 radical (unpaired) electrons. The molecule has 10 heteroatoms. The van der Waals surface area contributed by atoms with Crippen molar-refractivity contribution in [1.29, 1.82) is 0 Å². The fourth-order valence-electron chi connectivity index (χ4n) is 3.22. The fourth-order valence-corrected chi connectivity index (χ4v) is 4.99. The van der Waals surface area contributed by atoms with Gasteiger partial charge in [-0.1, -0.05) is 22.4 Å². The average Bonchev–Trinajstić information content (AvgIpc) is 3.22. The van der Waals surface area contributed by atoms with Crippen LogP contribution < -0.4 is 16.0 Å². The highest BCUT2D eigenvalue weighted by Gasteiger charge is 2.42. The van der Waals surface area contributed by atoms with E-state index in [1.54, 1.807) is 0 Å². The number of thioether (sulfide) groups is 1. The number of rotatable bonds is 16. The van der Waals surface area contributed by atoms with E-state index >= 15 is 0 Å². The molecule has 0 unspecified atom stereocenters. The standard InChI is InChI=1S/C18H32BrN3O5S/c19-5-7-25-9-11-27-12-10-26-8-6-20-16(23)4-2-1-3-15-17-14(13-28-15)21-18(24)22-17/h14-15,17H,1-13H2,(H,20,23)(H2,21,22,24)/t14-,15+,17+/m1/s1. The molecule has 0 aromatic rings. The number of unbranched alkanes of at least 4 members (excludes halogenated alkanes) is 1. The molecule has 3 atom stereocenters. The van der Waals surface area contributed by atoms with Crippen molar-refractivity contribution in [3.63, 3.8) is 0 Å². The Kier molecular flexibility index (Phi) is 12.2. The van der Waals surface area contributed by atoms with Crippen molar-refractivity contribution >= 4 is 39.6 Å². The average molecular weight is 482 g/mol. The van der Waals surface area contributed by atoms with Gasteiger partial charge >= 0.3 is 6.03 Å². The van der Waals surface area contributed by atoms with Crippen molar-refractivity contribution in [3.8, 4) is 0 Å². The number of carbonyl (C=O) groups excluding carboxylic acids is 2. The highest BCUT2D eigenvalue weighted by molar-refractivity contribution is 9.09. The lowest BCUT2D eigenvalue weighted by Crippen LogP contribution is -2.36. The van der Waals surface area contributed by atoms with Crippen LogP contribution >= 0.6 is 27.7 Å². The largest absolute Gasteiger partial charge is 0.378 e. The van der Waals surface area contributed by atoms with Crippen molar-refractivity contribution in [2.24, 2.45) is 0 Å². The lowest BCUT2D eigenvalue weighted by molar-refractivity contribution is -0.121. The van der Waals surface area contributed by atoms with Crippen LogP contribution in [0.15, 0.2) is 0 Å². The summed E-state index contributed by atoms with van der Waals surface area (Å²) in [5.74, 6) is 1.04. The Morgan fingerprint density at radius 1 is 1.07 bits per heavy atom. The molecule has 8 nitrogen and oxygen atoms in total. The number of ether oxygens (including phenoxy) is 3. The van der Waals surface area contributed by atoms with E-state index in [2.05, 4.69) is 31.9 Å². The zero-order chi connectivity index (χ0) is 20.0. The minimum absolute atomic E-state index is 0.0484. The van der Waals surface area contributed by atoms with Gasteiger partial charge in [0.1, 0.15) is 0 Å². The summed E-state index contributed by atoms with van der Waals surface area (Å²) < 4.78 is 16.1. The van der Waals surface area contributed by atoms with Crippen LogP contribution in [-0.4, -0.2) is 86.5 Å². The van der Waals surface area contributed by atoms with Crippen molar-refractivity contribution in [1.82, 2.24) is 16.0 Å². The van der Waals surface area contributed by atoms with Crippen LogP contribution in [0.4, 0.5) is 4.79 Å². The second-order valence-electron chi connectivity index (χ2n) is 6.74. The zero-order valence-corrected chi connectivity index (χ0v) is 18.7. The Labute approximate surface area is 179 Å². The van der Waals surface area contributed by atoms with E-state index in [4.69, 9.17) is 14.2 Å². The van der Waals surface area contributed by atoms with Gasteiger partial charge in [-0.25, -0.2) is 4.79 Å². The highest BCUT2D eigenvalue weighted by Crippen LogP contribution is 2.33. The van der Waals surface area contributed by atoms with Gasteiger partial charge < -0.3 is 30.2 Å². The van der Waals surface area contributed by atoms with Crippen molar-refractivity contribution in [3.05, 3.63) is 0 Å². The second kappa shape index (κ2) is 14.4. The SMILES string of the molecule is O=C(CCCC[C@@H]1SC[C@H]2NC(=O)N[C@H]12)NCCOCCOCCOCCBr. The molecule has 162 valence electrons. The summed E-state index contributed by atoms with van der Waals surface area (Å²) in [5, 5.41) is 10.1. The van der Waals surface area contributed by atoms with Gasteiger partial charge in [-0.15, -0.1) is 0 Å². The maximum absolute atomic E-state index is 11.8. The smallest absolute Gasteiger partial charge is 0.315 e. The van der Waals surface area contributed by atoms with E-state index in [1.807, 2.05) is 11.8 Å². The molecule has 0 spiro atoms. The maximum Gasteiger partial charge on any atom is 0.315 e. The van der Waals surface area contributed by atoms with Crippen molar-refractivity contribution < 1.29 is 23.8 Å². The molecule has 0 aliphatic carbocycles. The van der Waals surface area contributed by atoms with Gasteiger partial charge in [-0.3, -0.25) is 4.79 Å². The van der Waals surface area contributed by atoms with Gasteiger partial charge in [-0.2, -0.15) is 11.8 Å². The number of amides is 3. The number of hydrogen-bond acceptors (Lipinski definition) is 6. The van der Waals surface area contributed by atoms with E-state index < -0.39 is 0 Å². The lowest BCUT2D eigenvalue weighted by Gasteiger charge is -2.16. The topological polar surface area (TPSA) is 97.9 Å². The van der Waals surface area contributed by atoms with Crippen LogP contribution in [0.25, 0.3) is 0 Å². The molecule has 0 aromatic carbocycles. The van der Waals surface area contributed by atoms with E-state index in [0.717, 1.165) is 30.3 Å². The number of alkyl halides is 1. The second-order valence-corrected chi connectivity index (χ2v) is 8.81. The summed E-state index contributed by atoms with van der Waals surface area (Å²) >= 11 is 5.20. The number of nitrogens with one attached hydrogen (secondary N) is 3. The molecule has 2 fully saturated rings. The summed E-state index contributed by atoms with van der Waals surface area (Å²) in [7, 11) is 0. The molecule has 28 heavy (non-hydrogen) atoms. The van der Waals surface area contributed by atoms with Crippen LogP contribution in [0.5, 0.6) is 0 Å². The van der Waals surface area contributed by atoms with E-state index in [1.165, 1.54) is 0 Å². The first-order chi connectivity index (χ1) is 13.7. The Morgan fingerprint density at radius 2 is 1.79 bits per heavy atom. The quantitative estimate of drug-likeness (QED) is 0.174. The van der Waals surface area contributed by atoms with E-state index in [9.17, 15) is 9.59 Å². The van der Waals surface area contributed by atoms with Gasteiger partial charge in [0, 0.05) is 29.3 Å². The van der Waals surface area contributed by atoms with Crippen LogP contribution in [0.3, 0.4) is 0 Å². The molecule has 2 heterocycles. The minimum atomic E-state index is -0.0484. The fraction of sp³-hybridized carbons (Fsp3) is 0.889. The van der Waals surface area contributed by atoms with Gasteiger partial charge in [0.2, 0.25) is 5.91 Å². The molecule has 2 saturated heterocycles. The third-order valence-electron chi connectivity index (χ3n) is 4.61. The highest BCUT2D eigenvalue weighted by atomic mass is 79.9. The summed E-state index contributed by atoms with van der Waals surface area (Å²) in [4.78, 5) is 23.2. The van der Waals surface area contributed by atoms with Gasteiger partial charge in [0.15, 0.2) is 0 Å². The van der Waals surface area contributed by atoms with Crippen LogP contribution in [-0.2, 0) is 19.0 Å². The monoisotopic (exact) mass is 481 g/mol. The van der Waals surface area contributed by atoms with Crippen molar-refractivity contribution in [2.75, 3.05) is 57.3 Å². The Bertz CT molecular complexity index is 475. The predicted octanol–water partition coefficient (Wildman–Crippen LogP) is 1.27. The molecule has 2 rings (SSSR count). The Balaban J connectivity index is 1.34. The molecule has 2 aliphatic heterocycles. The lowest BCUT2D eigenvalue weighted by atomic mass is 10.0. The number of fused-ring (bicyclic) bond motifs is 1. The van der Waals surface area contributed by atoms with Gasteiger partial charge in [0.25, 0.3) is 0 Å². The molecule has 0 aromatic heterocycles. The minimum Gasteiger partial charge on any atom is -0.378 e. The van der Waals surface area contributed by atoms with Crippen molar-refractivity contribution in [2.45, 2.75) is 43.0 Å². The normalized spacial score (nSPS) is 23.3. The molecule has 0 saturated carbocycles. The van der Waals surface area contributed by atoms with Gasteiger partial charge in [-0.05, 0) is 12.8 Å². The van der Waals surface area contributed by atoms with Crippen LogP contribution in [0.2, 0.25) is 0 Å². The van der Waals surface area contributed by atoms with Crippen LogP contribution in [0, 0.1) is 0 Å². The Hall–Kier alpha value is -0.550. The summed E-state index contributed by atoms with van der Waals surface area (Å²) in [6.45, 7) is 3.90. The third-order valence-corrected chi connectivity index (χ3v) is 6.45. The number of halogens is 1. The molecule has 0 bridgehead atoms. The first-order valence-electron chi connectivity index (χ1n) is 9.95. The third kappa shape index (κ3) is 9.30. The number of urea groups is 1. The number of hydrogen-bond donors (Lipinski definition) is 3. The molecule has 3 N–H and O–H groups in total. The molecular formula is C18H32BrN3O5S. The van der Waals surface area contributed by atoms with E-state index in [0.29, 0.717) is 57.9 Å². The molecule has 3 amide bonds. The summed E-state index contributed by atoms with van der Waals surface area (Å²) in [5.41, 5.74) is 0. The number of carbonyl (C=O) groups is 2. The summed E-state index contributed by atoms with van der Waals surface area (Å²) in [6.07, 6.45) is 3.43. The van der Waals surface area contributed by atoms with Crippen LogP contribution in [0.1, 0.15) is 25.7 Å². The predicted molar refractivity (Wildman–Crippen MR) is 113 cm³/mol. The van der Waals surface area contributed by atoms with E-state index in [-0.39, 0.29) is 24.0 Å². The molecule has 2 aliphatic rings. The first kappa shape index (κ1) is 23.7. The first-order valence-corrected chi connectivity index (χ1v) is 12.1. The molecular weight excluding hydrogens is 450 g/mol. The summed E-state index contributed by atoms with van der Waals surface area (Å²) in [6, 6.07) is 0.464. The zero-order valence-electron chi connectivity index (χ0n) is 16.3. The van der Waals surface area contributed by atoms with Gasteiger partial charge in [0.05, 0.1) is 51.7 Å². The maximum atomic E-state index is 11.8.